The zero-order chi connectivity index (χ0) is 30.2. The number of amides is 3. The van der Waals surface area contributed by atoms with E-state index in [1.165, 1.54) is 32.0 Å². The van der Waals surface area contributed by atoms with Gasteiger partial charge in [-0.05, 0) is 36.5 Å². The summed E-state index contributed by atoms with van der Waals surface area (Å²) < 4.78 is 40.9. The number of ether oxygens (including phenoxy) is 2. The van der Waals surface area contributed by atoms with Gasteiger partial charge in [0.05, 0.1) is 7.11 Å². The number of alkyl carbamates (subject to hydrolysis) is 1. The number of rotatable bonds is 12. The van der Waals surface area contributed by atoms with E-state index < -0.39 is 59.5 Å². The summed E-state index contributed by atoms with van der Waals surface area (Å²) in [4.78, 5) is 50.9. The number of hydrogen-bond donors (Lipinski definition) is 3. The second kappa shape index (κ2) is 14.2. The Hall–Kier alpha value is -3.73. The molecule has 1 unspecified atom stereocenters. The fourth-order valence-electron chi connectivity index (χ4n) is 4.62. The van der Waals surface area contributed by atoms with Crippen LogP contribution in [-0.4, -0.2) is 55.7 Å². The molecule has 3 amide bonds. The molecule has 1 aliphatic heterocycles. The standard InChI is InChI=1S/C29H34ClF2N3O6/c1-17(2)24(29(31,32)20-10-7-11-21(30)16-20)41-28(39)35-22(14-18-8-5-4-6-9-18)26(37)34-23(27(38)40-3)15-19-12-13-33-25(19)36/h4-11,16-17,19,22-24H,12-15H2,1-3H3,(H,33,36)(H,34,37)(H,35,39)/t19-,22-,23-,24?/m0/s1. The van der Waals surface area contributed by atoms with E-state index in [0.29, 0.717) is 18.5 Å². The van der Waals surface area contributed by atoms with Crippen molar-refractivity contribution in [3.8, 4) is 0 Å². The zero-order valence-corrected chi connectivity index (χ0v) is 23.8. The minimum atomic E-state index is -3.59. The van der Waals surface area contributed by atoms with Crippen LogP contribution in [0.4, 0.5) is 13.6 Å². The molecule has 0 saturated carbocycles. The summed E-state index contributed by atoms with van der Waals surface area (Å²) in [6.45, 7) is 3.40. The van der Waals surface area contributed by atoms with Crippen LogP contribution in [0.1, 0.15) is 37.8 Å². The molecular formula is C29H34ClF2N3O6. The fraction of sp³-hybridized carbons (Fsp3) is 0.448. The highest BCUT2D eigenvalue weighted by atomic mass is 35.5. The topological polar surface area (TPSA) is 123 Å². The number of benzene rings is 2. The summed E-state index contributed by atoms with van der Waals surface area (Å²) in [5.74, 6) is -6.69. The summed E-state index contributed by atoms with van der Waals surface area (Å²) in [6, 6.07) is 11.3. The Balaban J connectivity index is 1.80. The van der Waals surface area contributed by atoms with Gasteiger partial charge in [0.25, 0.3) is 0 Å². The van der Waals surface area contributed by atoms with Crippen LogP contribution in [0.15, 0.2) is 54.6 Å². The molecule has 2 aromatic rings. The molecule has 0 spiro atoms. The molecule has 1 fully saturated rings. The van der Waals surface area contributed by atoms with Crippen LogP contribution in [0.3, 0.4) is 0 Å². The number of halogens is 3. The van der Waals surface area contributed by atoms with Crippen molar-refractivity contribution in [1.82, 2.24) is 16.0 Å². The van der Waals surface area contributed by atoms with Crippen molar-refractivity contribution < 1.29 is 37.4 Å². The first-order valence-corrected chi connectivity index (χ1v) is 13.6. The van der Waals surface area contributed by atoms with Crippen molar-refractivity contribution in [3.05, 3.63) is 70.7 Å². The lowest BCUT2D eigenvalue weighted by Gasteiger charge is -2.31. The Morgan fingerprint density at radius 2 is 1.78 bits per heavy atom. The molecule has 1 saturated heterocycles. The molecule has 0 aliphatic carbocycles. The normalized spacial score (nSPS) is 17.2. The van der Waals surface area contributed by atoms with Crippen molar-refractivity contribution >= 4 is 35.5 Å². The van der Waals surface area contributed by atoms with E-state index in [9.17, 15) is 19.2 Å². The van der Waals surface area contributed by atoms with Crippen LogP contribution in [-0.2, 0) is 36.2 Å². The largest absolute Gasteiger partial charge is 0.467 e. The molecule has 1 heterocycles. The van der Waals surface area contributed by atoms with E-state index in [4.69, 9.17) is 21.1 Å². The maximum Gasteiger partial charge on any atom is 0.408 e. The molecule has 0 radical (unpaired) electrons. The SMILES string of the molecule is COC(=O)[C@H](C[C@@H]1CCNC1=O)NC(=O)[C@H](Cc1ccccc1)NC(=O)OC(C(C)C)C(F)(F)c1cccc(Cl)c1. The fourth-order valence-corrected chi connectivity index (χ4v) is 4.81. The Labute approximate surface area is 242 Å². The quantitative estimate of drug-likeness (QED) is 0.320. The second-order valence-electron chi connectivity index (χ2n) is 10.2. The van der Waals surface area contributed by atoms with Crippen molar-refractivity contribution in [1.29, 1.82) is 0 Å². The third-order valence-electron chi connectivity index (χ3n) is 6.78. The van der Waals surface area contributed by atoms with Gasteiger partial charge in [-0.2, -0.15) is 8.78 Å². The molecular weight excluding hydrogens is 560 g/mol. The van der Waals surface area contributed by atoms with Gasteiger partial charge in [0.1, 0.15) is 12.1 Å². The predicted octanol–water partition coefficient (Wildman–Crippen LogP) is 3.98. The van der Waals surface area contributed by atoms with Gasteiger partial charge in [0.2, 0.25) is 11.8 Å². The van der Waals surface area contributed by atoms with Gasteiger partial charge in [-0.15, -0.1) is 0 Å². The van der Waals surface area contributed by atoms with E-state index >= 15 is 8.78 Å². The number of carbonyl (C=O) groups excluding carboxylic acids is 4. The lowest BCUT2D eigenvalue weighted by atomic mass is 9.95. The Morgan fingerprint density at radius 3 is 2.37 bits per heavy atom. The molecule has 0 bridgehead atoms. The number of methoxy groups -OCH3 is 1. The first-order chi connectivity index (χ1) is 19.4. The third kappa shape index (κ3) is 8.63. The highest BCUT2D eigenvalue weighted by molar-refractivity contribution is 6.30. The minimum absolute atomic E-state index is 0.00592. The van der Waals surface area contributed by atoms with Gasteiger partial charge in [0.15, 0.2) is 6.10 Å². The lowest BCUT2D eigenvalue weighted by molar-refractivity contribution is -0.146. The number of hydrogen-bond acceptors (Lipinski definition) is 6. The average molecular weight is 594 g/mol. The summed E-state index contributed by atoms with van der Waals surface area (Å²) in [5, 5.41) is 7.71. The van der Waals surface area contributed by atoms with Crippen LogP contribution in [0.2, 0.25) is 5.02 Å². The van der Waals surface area contributed by atoms with E-state index in [2.05, 4.69) is 16.0 Å². The average Bonchev–Trinajstić information content (AvgIpc) is 3.34. The summed E-state index contributed by atoms with van der Waals surface area (Å²) in [5.41, 5.74) is 0.231. The van der Waals surface area contributed by atoms with Crippen molar-refractivity contribution in [2.24, 2.45) is 11.8 Å². The van der Waals surface area contributed by atoms with Gasteiger partial charge >= 0.3 is 18.0 Å². The Kier molecular flexibility index (Phi) is 11.0. The van der Waals surface area contributed by atoms with E-state index in [1.807, 2.05) is 0 Å². The Morgan fingerprint density at radius 1 is 1.07 bits per heavy atom. The van der Waals surface area contributed by atoms with Crippen molar-refractivity contribution in [2.75, 3.05) is 13.7 Å². The Bertz CT molecular complexity index is 1230. The molecule has 41 heavy (non-hydrogen) atoms. The van der Waals surface area contributed by atoms with Crippen LogP contribution in [0.25, 0.3) is 0 Å². The molecule has 9 nitrogen and oxygen atoms in total. The lowest BCUT2D eigenvalue weighted by Crippen LogP contribution is -2.54. The molecule has 3 rings (SSSR count). The van der Waals surface area contributed by atoms with Gasteiger partial charge in [-0.1, -0.05) is 67.9 Å². The van der Waals surface area contributed by atoms with Gasteiger partial charge in [0, 0.05) is 29.5 Å². The van der Waals surface area contributed by atoms with Crippen LogP contribution >= 0.6 is 11.6 Å². The maximum absolute atomic E-state index is 15.5. The van der Waals surface area contributed by atoms with Gasteiger partial charge in [-0.25, -0.2) is 9.59 Å². The third-order valence-corrected chi connectivity index (χ3v) is 7.02. The zero-order valence-electron chi connectivity index (χ0n) is 23.0. The minimum Gasteiger partial charge on any atom is -0.467 e. The van der Waals surface area contributed by atoms with Crippen LogP contribution in [0, 0.1) is 11.8 Å². The van der Waals surface area contributed by atoms with Crippen molar-refractivity contribution in [3.63, 3.8) is 0 Å². The van der Waals surface area contributed by atoms with E-state index in [1.54, 1.807) is 30.3 Å². The summed E-state index contributed by atoms with van der Waals surface area (Å²) in [6.07, 6.45) is -2.68. The highest BCUT2D eigenvalue weighted by Crippen LogP contribution is 2.38. The van der Waals surface area contributed by atoms with Gasteiger partial charge < -0.3 is 25.4 Å². The van der Waals surface area contributed by atoms with Crippen molar-refractivity contribution in [2.45, 2.75) is 57.2 Å². The number of nitrogens with one attached hydrogen (secondary N) is 3. The highest BCUT2D eigenvalue weighted by Gasteiger charge is 2.46. The van der Waals surface area contributed by atoms with E-state index in [0.717, 1.165) is 13.2 Å². The molecule has 3 N–H and O–H groups in total. The molecule has 12 heteroatoms. The molecule has 0 aromatic heterocycles. The predicted molar refractivity (Wildman–Crippen MR) is 147 cm³/mol. The monoisotopic (exact) mass is 593 g/mol. The molecule has 222 valence electrons. The molecule has 4 atom stereocenters. The van der Waals surface area contributed by atoms with E-state index in [-0.39, 0.29) is 23.8 Å². The maximum atomic E-state index is 15.5. The number of alkyl halides is 2. The smallest absolute Gasteiger partial charge is 0.408 e. The first-order valence-electron chi connectivity index (χ1n) is 13.2. The summed E-state index contributed by atoms with van der Waals surface area (Å²) in [7, 11) is 1.15. The first kappa shape index (κ1) is 31.8. The van der Waals surface area contributed by atoms with Crippen LogP contribution < -0.4 is 16.0 Å². The van der Waals surface area contributed by atoms with Gasteiger partial charge in [-0.3, -0.25) is 9.59 Å². The number of carbonyl (C=O) groups is 4. The molecule has 2 aromatic carbocycles. The second-order valence-corrected chi connectivity index (χ2v) is 10.6. The number of esters is 1. The van der Waals surface area contributed by atoms with Crippen LogP contribution in [0.5, 0.6) is 0 Å². The summed E-state index contributed by atoms with van der Waals surface area (Å²) >= 11 is 5.90. The molecule has 1 aliphatic rings.